The van der Waals surface area contributed by atoms with Crippen LogP contribution in [0.4, 0.5) is 5.69 Å². The first kappa shape index (κ1) is 26.9. The van der Waals surface area contributed by atoms with E-state index in [1.807, 2.05) is 26.0 Å². The Labute approximate surface area is 217 Å². The predicted octanol–water partition coefficient (Wildman–Crippen LogP) is 7.75. The number of hydrogen-bond acceptors (Lipinski definition) is 2. The zero-order chi connectivity index (χ0) is 25.7. The fourth-order valence-corrected chi connectivity index (χ4v) is 5.07. The highest BCUT2D eigenvalue weighted by Gasteiger charge is 2.23. The van der Waals surface area contributed by atoms with E-state index in [9.17, 15) is 9.59 Å². The molecule has 3 rings (SSSR count). The van der Waals surface area contributed by atoms with Gasteiger partial charge in [-0.3, -0.25) is 9.59 Å². The molecule has 0 aliphatic rings. The van der Waals surface area contributed by atoms with Gasteiger partial charge in [-0.15, -0.1) is 0 Å². The van der Waals surface area contributed by atoms with Crippen LogP contribution in [0.2, 0.25) is 0 Å². The lowest BCUT2D eigenvalue weighted by atomic mass is 9.92. The molecule has 2 aromatic carbocycles. The molecule has 0 radical (unpaired) electrons. The second-order valence-electron chi connectivity index (χ2n) is 9.86. The van der Waals surface area contributed by atoms with Crippen LogP contribution in [-0.2, 0) is 13.0 Å². The Morgan fingerprint density at radius 1 is 0.886 bits per heavy atom. The molecule has 0 unspecified atom stereocenters. The number of halogens is 1. The SMILES string of the molecule is Cc1c(Br)c(=O)c(C(=O)Nc2c(C(C)C)cccc2C(C)C)c(C)n1CCCCc1ccccc1. The summed E-state index contributed by atoms with van der Waals surface area (Å²) in [6.45, 7) is 13.0. The molecule has 1 amide bonds. The number of nitrogens with zero attached hydrogens (tertiary/aromatic N) is 1. The summed E-state index contributed by atoms with van der Waals surface area (Å²) < 4.78 is 2.56. The van der Waals surface area contributed by atoms with Gasteiger partial charge in [-0.2, -0.15) is 0 Å². The summed E-state index contributed by atoms with van der Waals surface area (Å²) in [7, 11) is 0. The minimum absolute atomic E-state index is 0.207. The van der Waals surface area contributed by atoms with Crippen LogP contribution >= 0.6 is 15.9 Å². The van der Waals surface area contributed by atoms with E-state index in [4.69, 9.17) is 0 Å². The van der Waals surface area contributed by atoms with Crippen LogP contribution in [-0.4, -0.2) is 10.5 Å². The van der Waals surface area contributed by atoms with Crippen LogP contribution in [0.5, 0.6) is 0 Å². The molecule has 35 heavy (non-hydrogen) atoms. The van der Waals surface area contributed by atoms with Gasteiger partial charge in [0.15, 0.2) is 0 Å². The van der Waals surface area contributed by atoms with E-state index in [2.05, 4.69) is 89.9 Å². The molecule has 186 valence electrons. The Morgan fingerprint density at radius 2 is 1.49 bits per heavy atom. The van der Waals surface area contributed by atoms with Crippen LogP contribution in [0.1, 0.15) is 90.8 Å². The third kappa shape index (κ3) is 6.13. The monoisotopic (exact) mass is 536 g/mol. The van der Waals surface area contributed by atoms with Gasteiger partial charge in [0.2, 0.25) is 5.43 Å². The number of carbonyl (C=O) groups is 1. The second kappa shape index (κ2) is 11.9. The minimum Gasteiger partial charge on any atom is -0.347 e. The summed E-state index contributed by atoms with van der Waals surface area (Å²) >= 11 is 3.48. The molecule has 0 aliphatic heterocycles. The molecule has 0 atom stereocenters. The first-order chi connectivity index (χ1) is 16.6. The summed E-state index contributed by atoms with van der Waals surface area (Å²) in [4.78, 5) is 26.8. The van der Waals surface area contributed by atoms with Crippen LogP contribution in [0, 0.1) is 13.8 Å². The van der Waals surface area contributed by atoms with E-state index in [0.29, 0.717) is 10.2 Å². The Kier molecular flexibility index (Phi) is 9.12. The molecule has 0 saturated heterocycles. The van der Waals surface area contributed by atoms with Crippen LogP contribution in [0.25, 0.3) is 0 Å². The Morgan fingerprint density at radius 3 is 2.06 bits per heavy atom. The topological polar surface area (TPSA) is 51.1 Å². The number of anilines is 1. The standard InChI is InChI=1S/C30H37BrN2O2/c1-19(2)24-16-12-17-25(20(3)4)28(24)32-30(35)26-21(5)33(22(6)27(31)29(26)34)18-11-10-15-23-13-8-7-9-14-23/h7-9,12-14,16-17,19-20H,10-11,15,18H2,1-6H3,(H,32,35). The zero-order valence-electron chi connectivity index (χ0n) is 21.7. The number of hydrogen-bond donors (Lipinski definition) is 1. The Hall–Kier alpha value is -2.66. The normalized spacial score (nSPS) is 11.3. The molecule has 5 heteroatoms. The lowest BCUT2D eigenvalue weighted by Gasteiger charge is -2.22. The third-order valence-electron chi connectivity index (χ3n) is 6.69. The van der Waals surface area contributed by atoms with Crippen molar-refractivity contribution in [3.63, 3.8) is 0 Å². The Bertz CT molecular complexity index is 1220. The molecule has 1 heterocycles. The van der Waals surface area contributed by atoms with Crippen LogP contribution in [0.15, 0.2) is 57.8 Å². The zero-order valence-corrected chi connectivity index (χ0v) is 23.3. The molecule has 1 N–H and O–H groups in total. The number of amides is 1. The number of rotatable bonds is 9. The van der Waals surface area contributed by atoms with Crippen LogP contribution < -0.4 is 10.7 Å². The van der Waals surface area contributed by atoms with Gasteiger partial charge in [0, 0.05) is 23.6 Å². The van der Waals surface area contributed by atoms with Gasteiger partial charge in [-0.05, 0) is 77.6 Å². The summed E-state index contributed by atoms with van der Waals surface area (Å²) in [6, 6.07) is 16.6. The number of unbranched alkanes of at least 4 members (excludes halogenated alkanes) is 1. The molecule has 1 aromatic heterocycles. The number of aromatic nitrogens is 1. The van der Waals surface area contributed by atoms with Crippen molar-refractivity contribution in [3.05, 3.63) is 96.9 Å². The van der Waals surface area contributed by atoms with Gasteiger partial charge < -0.3 is 9.88 Å². The number of aryl methyl sites for hydroxylation is 1. The van der Waals surface area contributed by atoms with Crippen molar-refractivity contribution < 1.29 is 4.79 Å². The Balaban J connectivity index is 1.91. The maximum atomic E-state index is 13.6. The van der Waals surface area contributed by atoms with Crippen molar-refractivity contribution in [2.45, 2.75) is 79.2 Å². The minimum atomic E-state index is -0.346. The number of benzene rings is 2. The lowest BCUT2D eigenvalue weighted by Crippen LogP contribution is -2.29. The first-order valence-corrected chi connectivity index (χ1v) is 13.3. The third-order valence-corrected chi connectivity index (χ3v) is 7.63. The molecule has 4 nitrogen and oxygen atoms in total. The predicted molar refractivity (Wildman–Crippen MR) is 150 cm³/mol. The molecular formula is C30H37BrN2O2. The lowest BCUT2D eigenvalue weighted by molar-refractivity contribution is 0.102. The van der Waals surface area contributed by atoms with Crippen molar-refractivity contribution in [3.8, 4) is 0 Å². The van der Waals surface area contributed by atoms with Crippen molar-refractivity contribution >= 4 is 27.5 Å². The maximum Gasteiger partial charge on any atom is 0.261 e. The molecule has 0 fully saturated rings. The van der Waals surface area contributed by atoms with Gasteiger partial charge in [-0.1, -0.05) is 76.2 Å². The van der Waals surface area contributed by atoms with Gasteiger partial charge in [-0.25, -0.2) is 0 Å². The second-order valence-corrected chi connectivity index (χ2v) is 10.7. The number of nitrogens with one attached hydrogen (secondary N) is 1. The van der Waals surface area contributed by atoms with E-state index in [-0.39, 0.29) is 28.7 Å². The molecule has 0 bridgehead atoms. The number of pyridine rings is 1. The van der Waals surface area contributed by atoms with Gasteiger partial charge in [0.1, 0.15) is 5.56 Å². The fraction of sp³-hybridized carbons (Fsp3) is 0.400. The molecule has 3 aromatic rings. The summed E-state index contributed by atoms with van der Waals surface area (Å²) in [6.07, 6.45) is 3.01. The van der Waals surface area contributed by atoms with E-state index >= 15 is 0 Å². The maximum absolute atomic E-state index is 13.6. The first-order valence-electron chi connectivity index (χ1n) is 12.5. The molecule has 0 spiro atoms. The van der Waals surface area contributed by atoms with Gasteiger partial charge in [0.25, 0.3) is 5.91 Å². The smallest absolute Gasteiger partial charge is 0.261 e. The highest BCUT2D eigenvalue weighted by Crippen LogP contribution is 2.33. The number of carbonyl (C=O) groups excluding carboxylic acids is 1. The summed E-state index contributed by atoms with van der Waals surface area (Å²) in [5, 5.41) is 3.13. The van der Waals surface area contributed by atoms with E-state index < -0.39 is 0 Å². The van der Waals surface area contributed by atoms with Crippen molar-refractivity contribution in [1.82, 2.24) is 4.57 Å². The molecule has 0 aliphatic carbocycles. The van der Waals surface area contributed by atoms with E-state index in [0.717, 1.165) is 48.3 Å². The largest absolute Gasteiger partial charge is 0.347 e. The van der Waals surface area contributed by atoms with Gasteiger partial charge in [0.05, 0.1) is 4.47 Å². The average molecular weight is 538 g/mol. The quantitative estimate of drug-likeness (QED) is 0.284. The highest BCUT2D eigenvalue weighted by molar-refractivity contribution is 9.10. The van der Waals surface area contributed by atoms with E-state index in [1.165, 1.54) is 5.56 Å². The van der Waals surface area contributed by atoms with E-state index in [1.54, 1.807) is 0 Å². The highest BCUT2D eigenvalue weighted by atomic mass is 79.9. The van der Waals surface area contributed by atoms with Crippen molar-refractivity contribution in [1.29, 1.82) is 0 Å². The number of para-hydroxylation sites is 1. The summed E-state index contributed by atoms with van der Waals surface area (Å²) in [5.74, 6) is 0.147. The van der Waals surface area contributed by atoms with Crippen molar-refractivity contribution in [2.75, 3.05) is 5.32 Å². The van der Waals surface area contributed by atoms with Crippen LogP contribution in [0.3, 0.4) is 0 Å². The fourth-order valence-electron chi connectivity index (χ4n) is 4.66. The molecule has 0 saturated carbocycles. The van der Waals surface area contributed by atoms with Gasteiger partial charge >= 0.3 is 0 Å². The average Bonchev–Trinajstić information content (AvgIpc) is 2.82. The molecular weight excluding hydrogens is 500 g/mol. The summed E-state index contributed by atoms with van der Waals surface area (Å²) in [5.41, 5.74) is 5.82. The van der Waals surface area contributed by atoms with Crippen molar-refractivity contribution in [2.24, 2.45) is 0 Å².